The maximum Gasteiger partial charge on any atom is 0.0846 e. The number of nitrogens with two attached hydrogens (primary N) is 1. The topological polar surface area (TPSA) is 47.3 Å². The number of hydrogen-bond acceptors (Lipinski definition) is 3. The minimum atomic E-state index is -0.0422. The zero-order valence-electron chi connectivity index (χ0n) is 10.4. The summed E-state index contributed by atoms with van der Waals surface area (Å²) in [6.45, 7) is 4.41. The van der Waals surface area contributed by atoms with Crippen LogP contribution in [0.2, 0.25) is 0 Å². The Bertz CT molecular complexity index is 174. The molecule has 3 nitrogen and oxygen atoms in total. The van der Waals surface area contributed by atoms with Crippen molar-refractivity contribution in [3.8, 4) is 0 Å². The molecule has 0 aromatic carbocycles. The summed E-state index contributed by atoms with van der Waals surface area (Å²) in [5.41, 5.74) is 2.92. The van der Waals surface area contributed by atoms with Gasteiger partial charge in [0, 0.05) is 7.11 Å². The van der Waals surface area contributed by atoms with E-state index in [0.29, 0.717) is 5.92 Å². The molecule has 0 bridgehead atoms. The van der Waals surface area contributed by atoms with Gasteiger partial charge in [0.1, 0.15) is 0 Å². The Morgan fingerprint density at radius 1 is 1.13 bits per heavy atom. The van der Waals surface area contributed by atoms with Crippen molar-refractivity contribution in [3.05, 3.63) is 0 Å². The molecule has 0 saturated heterocycles. The average molecular weight is 214 g/mol. The molecule has 1 aliphatic carbocycles. The molecule has 1 rings (SSSR count). The Morgan fingerprint density at radius 3 is 2.00 bits per heavy atom. The van der Waals surface area contributed by atoms with Crippen LogP contribution in [0, 0.1) is 5.92 Å². The van der Waals surface area contributed by atoms with E-state index in [1.54, 1.807) is 0 Å². The van der Waals surface area contributed by atoms with E-state index in [-0.39, 0.29) is 11.6 Å². The molecule has 1 saturated carbocycles. The van der Waals surface area contributed by atoms with Gasteiger partial charge in [0.05, 0.1) is 11.6 Å². The first-order chi connectivity index (χ1) is 7.16. The normalized spacial score (nSPS) is 23.8. The van der Waals surface area contributed by atoms with Crippen molar-refractivity contribution in [1.29, 1.82) is 0 Å². The number of hydrogen-bond donors (Lipinski definition) is 2. The maximum atomic E-state index is 5.83. The fraction of sp³-hybridized carbons (Fsp3) is 1.00. The van der Waals surface area contributed by atoms with Gasteiger partial charge in [-0.2, -0.15) is 0 Å². The van der Waals surface area contributed by atoms with Crippen molar-refractivity contribution in [2.75, 3.05) is 7.11 Å². The van der Waals surface area contributed by atoms with Gasteiger partial charge in [-0.15, -0.1) is 0 Å². The van der Waals surface area contributed by atoms with Gasteiger partial charge in [0.15, 0.2) is 0 Å². The molecule has 0 heterocycles. The molecule has 1 atom stereocenters. The molecule has 3 heteroatoms. The Hall–Kier alpha value is -0.120. The van der Waals surface area contributed by atoms with Gasteiger partial charge in [-0.3, -0.25) is 11.3 Å². The summed E-state index contributed by atoms with van der Waals surface area (Å²) in [6.07, 6.45) is 7.46. The number of ether oxygens (including phenoxy) is 1. The van der Waals surface area contributed by atoms with Gasteiger partial charge in [-0.1, -0.05) is 39.5 Å². The van der Waals surface area contributed by atoms with Crippen LogP contribution >= 0.6 is 0 Å². The quantitative estimate of drug-likeness (QED) is 0.428. The number of nitrogens with one attached hydrogen (secondary N) is 1. The van der Waals surface area contributed by atoms with Crippen LogP contribution in [0.1, 0.15) is 52.4 Å². The fourth-order valence-electron chi connectivity index (χ4n) is 2.92. The minimum Gasteiger partial charge on any atom is -0.377 e. The molecule has 0 amide bonds. The monoisotopic (exact) mass is 214 g/mol. The van der Waals surface area contributed by atoms with Crippen LogP contribution in [0.4, 0.5) is 0 Å². The Balaban J connectivity index is 2.78. The molecule has 90 valence electrons. The Morgan fingerprint density at radius 2 is 1.67 bits per heavy atom. The largest absolute Gasteiger partial charge is 0.377 e. The zero-order valence-corrected chi connectivity index (χ0v) is 10.4. The summed E-state index contributed by atoms with van der Waals surface area (Å²) in [5, 5.41) is 0. The number of methoxy groups -OCH3 is 1. The molecule has 1 fully saturated rings. The van der Waals surface area contributed by atoms with Crippen molar-refractivity contribution in [1.82, 2.24) is 5.43 Å². The van der Waals surface area contributed by atoms with Crippen LogP contribution in [-0.2, 0) is 4.74 Å². The summed E-state index contributed by atoms with van der Waals surface area (Å²) >= 11 is 0. The van der Waals surface area contributed by atoms with E-state index in [1.165, 1.54) is 25.7 Å². The molecule has 0 aromatic rings. The van der Waals surface area contributed by atoms with Crippen LogP contribution < -0.4 is 11.3 Å². The van der Waals surface area contributed by atoms with Crippen LogP contribution in [0.3, 0.4) is 0 Å². The van der Waals surface area contributed by atoms with Gasteiger partial charge in [-0.05, 0) is 18.8 Å². The van der Waals surface area contributed by atoms with Gasteiger partial charge < -0.3 is 4.74 Å². The van der Waals surface area contributed by atoms with Crippen molar-refractivity contribution in [3.63, 3.8) is 0 Å². The summed E-state index contributed by atoms with van der Waals surface area (Å²) < 4.78 is 5.83. The van der Waals surface area contributed by atoms with Gasteiger partial charge in [-0.25, -0.2) is 0 Å². The summed E-state index contributed by atoms with van der Waals surface area (Å²) in [4.78, 5) is 0. The lowest BCUT2D eigenvalue weighted by molar-refractivity contribution is -0.0643. The lowest BCUT2D eigenvalue weighted by Gasteiger charge is -2.41. The van der Waals surface area contributed by atoms with Crippen LogP contribution in [0.5, 0.6) is 0 Å². The van der Waals surface area contributed by atoms with E-state index in [1.807, 2.05) is 7.11 Å². The van der Waals surface area contributed by atoms with Crippen molar-refractivity contribution in [2.24, 2.45) is 11.8 Å². The minimum absolute atomic E-state index is 0.0422. The van der Waals surface area contributed by atoms with E-state index in [0.717, 1.165) is 12.8 Å². The predicted octanol–water partition coefficient (Wildman–Crippen LogP) is 2.21. The highest BCUT2D eigenvalue weighted by Crippen LogP contribution is 2.35. The number of rotatable bonds is 4. The second-order valence-electron chi connectivity index (χ2n) is 5.07. The third-order valence-corrected chi connectivity index (χ3v) is 3.77. The zero-order chi connectivity index (χ0) is 11.3. The first-order valence-electron chi connectivity index (χ1n) is 6.17. The molecule has 0 radical (unpaired) electrons. The summed E-state index contributed by atoms with van der Waals surface area (Å²) in [7, 11) is 1.83. The lowest BCUT2D eigenvalue weighted by atomic mass is 9.80. The van der Waals surface area contributed by atoms with Crippen LogP contribution in [-0.4, -0.2) is 18.8 Å². The first kappa shape index (κ1) is 12.9. The van der Waals surface area contributed by atoms with Crippen molar-refractivity contribution in [2.45, 2.75) is 64.0 Å². The van der Waals surface area contributed by atoms with E-state index >= 15 is 0 Å². The maximum absolute atomic E-state index is 5.83. The highest BCUT2D eigenvalue weighted by Gasteiger charge is 2.40. The summed E-state index contributed by atoms with van der Waals surface area (Å²) in [5.74, 6) is 6.19. The average Bonchev–Trinajstić information content (AvgIpc) is 2.45. The predicted molar refractivity (Wildman–Crippen MR) is 63.4 cm³/mol. The van der Waals surface area contributed by atoms with E-state index in [2.05, 4.69) is 19.3 Å². The fourth-order valence-corrected chi connectivity index (χ4v) is 2.92. The molecule has 3 N–H and O–H groups in total. The van der Waals surface area contributed by atoms with Gasteiger partial charge in [0.2, 0.25) is 0 Å². The summed E-state index contributed by atoms with van der Waals surface area (Å²) in [6, 6.07) is 0.264. The third kappa shape index (κ3) is 2.92. The second-order valence-corrected chi connectivity index (χ2v) is 5.07. The SMILES string of the molecule is COC1(C(NN)C(C)C)CCCCCC1. The van der Waals surface area contributed by atoms with Gasteiger partial charge in [0.25, 0.3) is 0 Å². The third-order valence-electron chi connectivity index (χ3n) is 3.77. The highest BCUT2D eigenvalue weighted by atomic mass is 16.5. The Labute approximate surface area is 93.7 Å². The highest BCUT2D eigenvalue weighted by molar-refractivity contribution is 4.95. The lowest BCUT2D eigenvalue weighted by Crippen LogP contribution is -2.57. The second kappa shape index (κ2) is 5.83. The van der Waals surface area contributed by atoms with E-state index < -0.39 is 0 Å². The number of hydrazine groups is 1. The smallest absolute Gasteiger partial charge is 0.0846 e. The van der Waals surface area contributed by atoms with Crippen LogP contribution in [0.25, 0.3) is 0 Å². The van der Waals surface area contributed by atoms with Crippen LogP contribution in [0.15, 0.2) is 0 Å². The first-order valence-corrected chi connectivity index (χ1v) is 6.17. The molecule has 0 aliphatic heterocycles. The molecule has 1 unspecified atom stereocenters. The van der Waals surface area contributed by atoms with Crippen molar-refractivity contribution < 1.29 is 4.74 Å². The van der Waals surface area contributed by atoms with Crippen molar-refractivity contribution >= 4 is 0 Å². The standard InChI is InChI=1S/C12H26N2O/c1-10(2)11(14-13)12(15-3)8-6-4-5-7-9-12/h10-11,14H,4-9,13H2,1-3H3. The Kier molecular flexibility index (Phi) is 5.03. The van der Waals surface area contributed by atoms with Gasteiger partial charge >= 0.3 is 0 Å². The molecular formula is C12H26N2O. The van der Waals surface area contributed by atoms with E-state index in [9.17, 15) is 0 Å². The van der Waals surface area contributed by atoms with E-state index in [4.69, 9.17) is 10.6 Å². The molecule has 15 heavy (non-hydrogen) atoms. The molecule has 0 spiro atoms. The molecular weight excluding hydrogens is 188 g/mol. The molecule has 0 aromatic heterocycles. The molecule has 1 aliphatic rings.